The molecule has 0 atom stereocenters. The SMILES string of the molecule is NC(=O)Nc1ccc2c(c1)CCN(C(=O)C(F)(F)F)CC2. The van der Waals surface area contributed by atoms with Crippen molar-refractivity contribution in [1.82, 2.24) is 4.90 Å². The number of hydrogen-bond donors (Lipinski definition) is 2. The summed E-state index contributed by atoms with van der Waals surface area (Å²) in [6, 6.07) is 4.31. The summed E-state index contributed by atoms with van der Waals surface area (Å²) in [7, 11) is 0. The molecule has 0 radical (unpaired) electrons. The molecule has 1 heterocycles. The van der Waals surface area contributed by atoms with Crippen molar-refractivity contribution in [1.29, 1.82) is 0 Å². The van der Waals surface area contributed by atoms with Gasteiger partial charge in [0.1, 0.15) is 0 Å². The van der Waals surface area contributed by atoms with Crippen LogP contribution in [0.2, 0.25) is 0 Å². The highest BCUT2D eigenvalue weighted by molar-refractivity contribution is 5.88. The summed E-state index contributed by atoms with van der Waals surface area (Å²) in [6.07, 6.45) is -4.21. The molecule has 1 aliphatic rings. The maximum atomic E-state index is 12.5. The van der Waals surface area contributed by atoms with Crippen LogP contribution < -0.4 is 11.1 Å². The molecule has 1 aromatic rings. The molecule has 2 rings (SSSR count). The molecule has 1 aliphatic heterocycles. The van der Waals surface area contributed by atoms with E-state index in [9.17, 15) is 22.8 Å². The standard InChI is InChI=1S/C13H14F3N3O2/c14-13(15,16)11(20)19-5-3-8-1-2-10(18-12(17)21)7-9(8)4-6-19/h1-2,7H,3-6H2,(H3,17,18,21). The quantitative estimate of drug-likeness (QED) is 0.828. The Labute approximate surface area is 118 Å². The Bertz CT molecular complexity index is 572. The van der Waals surface area contributed by atoms with Gasteiger partial charge < -0.3 is 16.0 Å². The van der Waals surface area contributed by atoms with E-state index >= 15 is 0 Å². The maximum absolute atomic E-state index is 12.5. The molecule has 1 aromatic carbocycles. The second-order valence-corrected chi connectivity index (χ2v) is 4.76. The van der Waals surface area contributed by atoms with Gasteiger partial charge in [-0.3, -0.25) is 4.79 Å². The molecule has 0 saturated carbocycles. The van der Waals surface area contributed by atoms with E-state index in [1.165, 1.54) is 0 Å². The Hall–Kier alpha value is -2.25. The number of halogens is 3. The first-order valence-electron chi connectivity index (χ1n) is 6.32. The van der Waals surface area contributed by atoms with Crippen LogP contribution in [0.5, 0.6) is 0 Å². The van der Waals surface area contributed by atoms with Gasteiger partial charge >= 0.3 is 18.1 Å². The van der Waals surface area contributed by atoms with Crippen molar-refractivity contribution >= 4 is 17.6 Å². The van der Waals surface area contributed by atoms with Gasteiger partial charge in [0, 0.05) is 18.8 Å². The van der Waals surface area contributed by atoms with E-state index < -0.39 is 18.1 Å². The number of rotatable bonds is 1. The summed E-state index contributed by atoms with van der Waals surface area (Å²) in [5.41, 5.74) is 7.16. The summed E-state index contributed by atoms with van der Waals surface area (Å²) in [5.74, 6) is -1.81. The smallest absolute Gasteiger partial charge is 0.351 e. The molecule has 0 unspecified atom stereocenters. The molecule has 114 valence electrons. The zero-order valence-corrected chi connectivity index (χ0v) is 11.0. The first-order chi connectivity index (χ1) is 9.77. The van der Waals surface area contributed by atoms with Crippen molar-refractivity contribution in [2.24, 2.45) is 5.73 Å². The number of carbonyl (C=O) groups is 2. The van der Waals surface area contributed by atoms with E-state index in [-0.39, 0.29) is 13.1 Å². The van der Waals surface area contributed by atoms with E-state index in [2.05, 4.69) is 5.32 Å². The zero-order chi connectivity index (χ0) is 15.6. The molecule has 0 aliphatic carbocycles. The minimum absolute atomic E-state index is 0.00856. The number of carbonyl (C=O) groups excluding carboxylic acids is 2. The minimum atomic E-state index is -4.85. The molecule has 0 bridgehead atoms. The van der Waals surface area contributed by atoms with Crippen LogP contribution in [0.1, 0.15) is 11.1 Å². The molecule has 3 amide bonds. The molecular weight excluding hydrogens is 287 g/mol. The van der Waals surface area contributed by atoms with E-state index in [4.69, 9.17) is 5.73 Å². The van der Waals surface area contributed by atoms with Crippen LogP contribution in [0, 0.1) is 0 Å². The van der Waals surface area contributed by atoms with Gasteiger partial charge in [-0.05, 0) is 36.1 Å². The largest absolute Gasteiger partial charge is 0.471 e. The second-order valence-electron chi connectivity index (χ2n) is 4.76. The van der Waals surface area contributed by atoms with Gasteiger partial charge in [0.2, 0.25) is 0 Å². The highest BCUT2D eigenvalue weighted by Crippen LogP contribution is 2.24. The van der Waals surface area contributed by atoms with Crippen LogP contribution in [0.15, 0.2) is 18.2 Å². The third kappa shape index (κ3) is 3.65. The van der Waals surface area contributed by atoms with Crippen molar-refractivity contribution in [3.8, 4) is 0 Å². The second kappa shape index (κ2) is 5.63. The lowest BCUT2D eigenvalue weighted by molar-refractivity contribution is -0.185. The van der Waals surface area contributed by atoms with Crippen molar-refractivity contribution in [3.63, 3.8) is 0 Å². The van der Waals surface area contributed by atoms with E-state index in [0.29, 0.717) is 18.5 Å². The van der Waals surface area contributed by atoms with Crippen LogP contribution in [0.25, 0.3) is 0 Å². The van der Waals surface area contributed by atoms with E-state index in [1.807, 2.05) is 0 Å². The molecule has 3 N–H and O–H groups in total. The number of benzene rings is 1. The number of anilines is 1. The normalized spacial score (nSPS) is 15.1. The fourth-order valence-electron chi connectivity index (χ4n) is 2.33. The Balaban J connectivity index is 2.14. The first-order valence-corrected chi connectivity index (χ1v) is 6.32. The van der Waals surface area contributed by atoms with Crippen LogP contribution in [0.4, 0.5) is 23.7 Å². The fourth-order valence-corrected chi connectivity index (χ4v) is 2.33. The predicted octanol–water partition coefficient (Wildman–Crippen LogP) is 1.67. The van der Waals surface area contributed by atoms with Gasteiger partial charge in [-0.1, -0.05) is 6.07 Å². The van der Waals surface area contributed by atoms with Gasteiger partial charge in [-0.15, -0.1) is 0 Å². The lowest BCUT2D eigenvalue weighted by Gasteiger charge is -2.21. The Morgan fingerprint density at radius 1 is 1.14 bits per heavy atom. The lowest BCUT2D eigenvalue weighted by atomic mass is 10.0. The Kier molecular flexibility index (Phi) is 4.06. The summed E-state index contributed by atoms with van der Waals surface area (Å²) in [5, 5.41) is 2.41. The van der Waals surface area contributed by atoms with Gasteiger partial charge in [0.15, 0.2) is 0 Å². The number of hydrogen-bond acceptors (Lipinski definition) is 2. The summed E-state index contributed by atoms with van der Waals surface area (Å²) < 4.78 is 37.4. The zero-order valence-electron chi connectivity index (χ0n) is 11.0. The number of alkyl halides is 3. The molecule has 21 heavy (non-hydrogen) atoms. The molecule has 0 fully saturated rings. The van der Waals surface area contributed by atoms with Crippen LogP contribution in [0.3, 0.4) is 0 Å². The molecule has 0 spiro atoms. The maximum Gasteiger partial charge on any atom is 0.471 e. The molecule has 8 heteroatoms. The van der Waals surface area contributed by atoms with Crippen molar-refractivity contribution in [2.75, 3.05) is 18.4 Å². The average molecular weight is 301 g/mol. The Morgan fingerprint density at radius 3 is 2.33 bits per heavy atom. The van der Waals surface area contributed by atoms with Crippen molar-refractivity contribution in [2.45, 2.75) is 19.0 Å². The molecule has 5 nitrogen and oxygen atoms in total. The number of nitrogens with one attached hydrogen (secondary N) is 1. The minimum Gasteiger partial charge on any atom is -0.351 e. The van der Waals surface area contributed by atoms with Crippen LogP contribution >= 0.6 is 0 Å². The molecule has 0 saturated heterocycles. The van der Waals surface area contributed by atoms with E-state index in [0.717, 1.165) is 16.0 Å². The number of amides is 3. The predicted molar refractivity (Wildman–Crippen MR) is 69.7 cm³/mol. The number of urea groups is 1. The summed E-state index contributed by atoms with van der Waals surface area (Å²) >= 11 is 0. The van der Waals surface area contributed by atoms with Gasteiger partial charge in [-0.25, -0.2) is 4.79 Å². The van der Waals surface area contributed by atoms with Crippen molar-refractivity contribution < 1.29 is 22.8 Å². The van der Waals surface area contributed by atoms with E-state index in [1.54, 1.807) is 18.2 Å². The van der Waals surface area contributed by atoms with Gasteiger partial charge in [0.25, 0.3) is 0 Å². The van der Waals surface area contributed by atoms with Gasteiger partial charge in [-0.2, -0.15) is 13.2 Å². The number of fused-ring (bicyclic) bond motifs is 1. The molecule has 0 aromatic heterocycles. The monoisotopic (exact) mass is 301 g/mol. The number of primary amides is 1. The number of nitrogens with zero attached hydrogens (tertiary/aromatic N) is 1. The third-order valence-electron chi connectivity index (χ3n) is 3.31. The topological polar surface area (TPSA) is 75.4 Å². The summed E-state index contributed by atoms with van der Waals surface area (Å²) in [4.78, 5) is 22.9. The fraction of sp³-hybridized carbons (Fsp3) is 0.385. The number of nitrogens with two attached hydrogens (primary N) is 1. The third-order valence-corrected chi connectivity index (χ3v) is 3.31. The average Bonchev–Trinajstić information content (AvgIpc) is 2.58. The highest BCUT2D eigenvalue weighted by Gasteiger charge is 2.42. The van der Waals surface area contributed by atoms with Crippen LogP contribution in [-0.4, -0.2) is 36.1 Å². The lowest BCUT2D eigenvalue weighted by Crippen LogP contribution is -2.42. The van der Waals surface area contributed by atoms with Gasteiger partial charge in [0.05, 0.1) is 0 Å². The summed E-state index contributed by atoms with van der Waals surface area (Å²) in [6.45, 7) is 0.0132. The van der Waals surface area contributed by atoms with Crippen LogP contribution in [-0.2, 0) is 17.6 Å². The molecular formula is C13H14F3N3O2. The Morgan fingerprint density at radius 2 is 1.76 bits per heavy atom. The first kappa shape index (κ1) is 15.1. The highest BCUT2D eigenvalue weighted by atomic mass is 19.4. The van der Waals surface area contributed by atoms with Crippen molar-refractivity contribution in [3.05, 3.63) is 29.3 Å².